The van der Waals surface area contributed by atoms with Crippen LogP contribution in [-0.2, 0) is 14.3 Å². The Morgan fingerprint density at radius 2 is 1.86 bits per heavy atom. The number of hydrogen-bond donors (Lipinski definition) is 0. The average Bonchev–Trinajstić information content (AvgIpc) is 2.93. The van der Waals surface area contributed by atoms with Gasteiger partial charge in [-0.05, 0) is 67.7 Å². The molecule has 5 rings (SSSR count). The van der Waals surface area contributed by atoms with Crippen molar-refractivity contribution in [3.05, 3.63) is 108 Å². The third-order valence-corrected chi connectivity index (χ3v) is 6.89. The van der Waals surface area contributed by atoms with Crippen LogP contribution in [0.15, 0.2) is 96.5 Å². The molecular formula is C30H30N2O5. The molecule has 0 saturated heterocycles. The lowest BCUT2D eigenvalue weighted by Gasteiger charge is -2.43. The predicted molar refractivity (Wildman–Crippen MR) is 140 cm³/mol. The number of methoxy groups -OCH3 is 1. The van der Waals surface area contributed by atoms with Crippen molar-refractivity contribution in [2.24, 2.45) is 0 Å². The lowest BCUT2D eigenvalue weighted by atomic mass is 9.89. The molecule has 2 unspecified atom stereocenters. The second-order valence-electron chi connectivity index (χ2n) is 9.29. The minimum Gasteiger partial charge on any atom is -0.497 e. The molecule has 2 atom stereocenters. The fraction of sp³-hybridized carbons (Fsp3) is 0.267. The van der Waals surface area contributed by atoms with Crippen molar-refractivity contribution in [3.63, 3.8) is 0 Å². The van der Waals surface area contributed by atoms with Gasteiger partial charge in [-0.2, -0.15) is 0 Å². The van der Waals surface area contributed by atoms with Crippen LogP contribution in [0.3, 0.4) is 0 Å². The molecule has 7 nitrogen and oxygen atoms in total. The maximum Gasteiger partial charge on any atom is 0.258 e. The average molecular weight is 499 g/mol. The van der Waals surface area contributed by atoms with E-state index < -0.39 is 0 Å². The number of hydrogen-bond acceptors (Lipinski definition) is 5. The van der Waals surface area contributed by atoms with Crippen molar-refractivity contribution in [3.8, 4) is 5.75 Å². The molecule has 7 heteroatoms. The number of amides is 2. The van der Waals surface area contributed by atoms with E-state index in [9.17, 15) is 9.59 Å². The number of rotatable bonds is 5. The Bertz CT molecular complexity index is 1320. The van der Waals surface area contributed by atoms with Gasteiger partial charge >= 0.3 is 0 Å². The SMILES string of the molecule is COc1ccc(C(=O)N2c3ccccc3C(N(C(C)=O)C3=COC=C(C4=CC=CCC4)O3)CC2C)cc1. The second kappa shape index (κ2) is 10.4. The highest BCUT2D eigenvalue weighted by Crippen LogP contribution is 2.43. The van der Waals surface area contributed by atoms with Crippen molar-refractivity contribution >= 4 is 17.5 Å². The predicted octanol–water partition coefficient (Wildman–Crippen LogP) is 5.99. The molecule has 37 heavy (non-hydrogen) atoms. The Morgan fingerprint density at radius 3 is 2.57 bits per heavy atom. The van der Waals surface area contributed by atoms with E-state index in [0.29, 0.717) is 29.4 Å². The number of nitrogens with zero attached hydrogens (tertiary/aromatic N) is 2. The van der Waals surface area contributed by atoms with Crippen LogP contribution < -0.4 is 9.64 Å². The van der Waals surface area contributed by atoms with E-state index in [0.717, 1.165) is 29.7 Å². The molecule has 1 aliphatic carbocycles. The van der Waals surface area contributed by atoms with Crippen LogP contribution in [0.4, 0.5) is 5.69 Å². The van der Waals surface area contributed by atoms with Gasteiger partial charge in [0, 0.05) is 24.2 Å². The standard InChI is InChI=1S/C30H30N2O5/c1-20-17-27(32(21(2)33)29-19-36-18-28(37-29)22-9-5-4-6-10-22)25-11-7-8-12-26(25)31(20)30(34)23-13-15-24(35-3)16-14-23/h4-5,7-9,11-16,18-20,27H,6,10,17H2,1-3H3. The Hall–Kier alpha value is -4.26. The molecule has 190 valence electrons. The zero-order chi connectivity index (χ0) is 25.9. The molecule has 0 fully saturated rings. The molecule has 0 radical (unpaired) electrons. The van der Waals surface area contributed by atoms with Crippen LogP contribution >= 0.6 is 0 Å². The van der Waals surface area contributed by atoms with E-state index in [1.54, 1.807) is 42.5 Å². The van der Waals surface area contributed by atoms with Gasteiger partial charge in [0.2, 0.25) is 11.8 Å². The molecule has 2 aromatic rings. The lowest BCUT2D eigenvalue weighted by Crippen LogP contribution is -2.47. The fourth-order valence-corrected chi connectivity index (χ4v) is 5.11. The molecule has 0 N–H and O–H groups in total. The highest BCUT2D eigenvalue weighted by molar-refractivity contribution is 6.07. The molecule has 2 aromatic carbocycles. The first kappa shape index (κ1) is 24.4. The van der Waals surface area contributed by atoms with Gasteiger partial charge in [-0.1, -0.05) is 36.4 Å². The third kappa shape index (κ3) is 4.77. The minimum atomic E-state index is -0.335. The number of ether oxygens (including phenoxy) is 3. The van der Waals surface area contributed by atoms with E-state index in [1.165, 1.54) is 13.2 Å². The summed E-state index contributed by atoms with van der Waals surface area (Å²) >= 11 is 0. The molecule has 2 heterocycles. The number of para-hydroxylation sites is 1. The summed E-state index contributed by atoms with van der Waals surface area (Å²) in [6.45, 7) is 3.52. The topological polar surface area (TPSA) is 68.3 Å². The lowest BCUT2D eigenvalue weighted by molar-refractivity contribution is -0.132. The van der Waals surface area contributed by atoms with E-state index in [4.69, 9.17) is 14.2 Å². The molecular weight excluding hydrogens is 468 g/mol. The molecule has 2 amide bonds. The fourth-order valence-electron chi connectivity index (χ4n) is 5.11. The first-order chi connectivity index (χ1) is 18.0. The third-order valence-electron chi connectivity index (χ3n) is 6.89. The summed E-state index contributed by atoms with van der Waals surface area (Å²) in [5.41, 5.74) is 3.23. The highest BCUT2D eigenvalue weighted by atomic mass is 16.6. The monoisotopic (exact) mass is 498 g/mol. The summed E-state index contributed by atoms with van der Waals surface area (Å²) in [6.07, 6.45) is 11.4. The summed E-state index contributed by atoms with van der Waals surface area (Å²) in [7, 11) is 1.60. The van der Waals surface area contributed by atoms with E-state index in [2.05, 4.69) is 6.08 Å². The molecule has 0 spiro atoms. The normalized spacial score (nSPS) is 20.4. The Morgan fingerprint density at radius 1 is 1.08 bits per heavy atom. The summed E-state index contributed by atoms with van der Waals surface area (Å²) in [5.74, 6) is 1.35. The van der Waals surface area contributed by atoms with Crippen LogP contribution in [0.5, 0.6) is 5.75 Å². The zero-order valence-electron chi connectivity index (χ0n) is 21.2. The van der Waals surface area contributed by atoms with Gasteiger partial charge in [0.25, 0.3) is 5.91 Å². The van der Waals surface area contributed by atoms with Crippen molar-refractivity contribution in [1.29, 1.82) is 0 Å². The van der Waals surface area contributed by atoms with Crippen LogP contribution in [-0.4, -0.2) is 29.9 Å². The first-order valence-electron chi connectivity index (χ1n) is 12.4. The second-order valence-corrected chi connectivity index (χ2v) is 9.29. The molecule has 0 saturated carbocycles. The van der Waals surface area contributed by atoms with Gasteiger partial charge in [0.1, 0.15) is 12.0 Å². The quantitative estimate of drug-likeness (QED) is 0.507. The smallest absolute Gasteiger partial charge is 0.258 e. The van der Waals surface area contributed by atoms with E-state index in [1.807, 2.05) is 48.2 Å². The summed E-state index contributed by atoms with van der Waals surface area (Å²) in [4.78, 5) is 30.1. The van der Waals surface area contributed by atoms with Gasteiger partial charge in [-0.15, -0.1) is 0 Å². The van der Waals surface area contributed by atoms with Crippen molar-refractivity contribution < 1.29 is 23.8 Å². The van der Waals surface area contributed by atoms with Gasteiger partial charge in [0.15, 0.2) is 12.0 Å². The summed E-state index contributed by atoms with van der Waals surface area (Å²) in [6, 6.07) is 14.3. The molecule has 2 aliphatic heterocycles. The van der Waals surface area contributed by atoms with Gasteiger partial charge in [0.05, 0.1) is 13.2 Å². The van der Waals surface area contributed by atoms with Crippen molar-refractivity contribution in [2.75, 3.05) is 12.0 Å². The number of anilines is 1. The number of fused-ring (bicyclic) bond motifs is 1. The van der Waals surface area contributed by atoms with E-state index in [-0.39, 0.29) is 23.9 Å². The number of carbonyl (C=O) groups is 2. The van der Waals surface area contributed by atoms with Crippen LogP contribution in [0.1, 0.15) is 55.1 Å². The largest absolute Gasteiger partial charge is 0.497 e. The summed E-state index contributed by atoms with van der Waals surface area (Å²) in [5, 5.41) is 0. The van der Waals surface area contributed by atoms with Crippen molar-refractivity contribution in [2.45, 2.75) is 45.2 Å². The van der Waals surface area contributed by atoms with Crippen LogP contribution in [0, 0.1) is 0 Å². The van der Waals surface area contributed by atoms with E-state index >= 15 is 0 Å². The van der Waals surface area contributed by atoms with Crippen molar-refractivity contribution in [1.82, 2.24) is 4.90 Å². The Balaban J connectivity index is 1.47. The molecule has 3 aliphatic rings. The maximum atomic E-state index is 13.6. The zero-order valence-corrected chi connectivity index (χ0v) is 21.2. The van der Waals surface area contributed by atoms with Gasteiger partial charge < -0.3 is 19.1 Å². The minimum absolute atomic E-state index is 0.102. The maximum absolute atomic E-state index is 13.6. The van der Waals surface area contributed by atoms with Gasteiger partial charge in [-0.3, -0.25) is 14.5 Å². The number of benzene rings is 2. The number of allylic oxidation sites excluding steroid dienone is 4. The summed E-state index contributed by atoms with van der Waals surface area (Å²) < 4.78 is 17.1. The van der Waals surface area contributed by atoms with Crippen LogP contribution in [0.25, 0.3) is 0 Å². The Labute approximate surface area is 216 Å². The number of carbonyl (C=O) groups excluding carboxylic acids is 2. The first-order valence-corrected chi connectivity index (χ1v) is 12.4. The molecule has 0 aromatic heterocycles. The highest BCUT2D eigenvalue weighted by Gasteiger charge is 2.40. The van der Waals surface area contributed by atoms with Crippen LogP contribution in [0.2, 0.25) is 0 Å². The van der Waals surface area contributed by atoms with Gasteiger partial charge in [-0.25, -0.2) is 0 Å². The Kier molecular flexibility index (Phi) is 6.86. The molecule has 0 bridgehead atoms.